The van der Waals surface area contributed by atoms with E-state index < -0.39 is 5.91 Å². The van der Waals surface area contributed by atoms with Crippen molar-refractivity contribution in [3.8, 4) is 0 Å². The Hall–Kier alpha value is -2.28. The van der Waals surface area contributed by atoms with Crippen molar-refractivity contribution in [1.82, 2.24) is 5.32 Å². The van der Waals surface area contributed by atoms with Gasteiger partial charge in [0.1, 0.15) is 0 Å². The number of anilines is 2. The summed E-state index contributed by atoms with van der Waals surface area (Å²) in [6, 6.07) is 4.96. The Bertz CT molecular complexity index is 655. The Balaban J connectivity index is 1.53. The highest BCUT2D eigenvalue weighted by Crippen LogP contribution is 2.30. The summed E-state index contributed by atoms with van der Waals surface area (Å²) in [5, 5.41) is 5.73. The third-order valence-electron chi connectivity index (χ3n) is 5.03. The van der Waals surface area contributed by atoms with Gasteiger partial charge in [0.2, 0.25) is 5.91 Å². The van der Waals surface area contributed by atoms with Crippen LogP contribution in [0.5, 0.6) is 0 Å². The van der Waals surface area contributed by atoms with Gasteiger partial charge in [-0.25, -0.2) is 4.79 Å². The highest BCUT2D eigenvalue weighted by Gasteiger charge is 2.21. The van der Waals surface area contributed by atoms with Crippen molar-refractivity contribution in [3.05, 3.63) is 23.8 Å². The number of hydrogen-bond acceptors (Lipinski definition) is 4. The van der Waals surface area contributed by atoms with Crippen LogP contribution in [-0.4, -0.2) is 44.8 Å². The summed E-state index contributed by atoms with van der Waals surface area (Å²) in [5.41, 5.74) is 7.34. The summed E-state index contributed by atoms with van der Waals surface area (Å²) in [7, 11) is 0. The van der Waals surface area contributed by atoms with Crippen molar-refractivity contribution < 1.29 is 14.3 Å². The smallest absolute Gasteiger partial charge is 0.319 e. The molecule has 0 bridgehead atoms. The summed E-state index contributed by atoms with van der Waals surface area (Å²) < 4.78 is 5.57. The van der Waals surface area contributed by atoms with Crippen LogP contribution in [0.25, 0.3) is 0 Å². The zero-order valence-electron chi connectivity index (χ0n) is 15.8. The van der Waals surface area contributed by atoms with Crippen LogP contribution in [0.1, 0.15) is 48.9 Å². The lowest BCUT2D eigenvalue weighted by Gasteiger charge is -2.30. The molecule has 0 atom stereocenters. The summed E-state index contributed by atoms with van der Waals surface area (Å²) in [4.78, 5) is 26.0. The number of nitrogens with two attached hydrogens (primary N) is 1. The summed E-state index contributed by atoms with van der Waals surface area (Å²) in [6.07, 6.45) is 6.82. The van der Waals surface area contributed by atoms with E-state index in [4.69, 9.17) is 10.5 Å². The average Bonchev–Trinajstić information content (AvgIpc) is 3.49. The minimum Gasteiger partial charge on any atom is -0.381 e. The number of piperidine rings is 1. The Morgan fingerprint density at radius 3 is 2.67 bits per heavy atom. The second-order valence-corrected chi connectivity index (χ2v) is 7.40. The zero-order chi connectivity index (χ0) is 19.1. The van der Waals surface area contributed by atoms with Crippen LogP contribution in [0, 0.1) is 5.92 Å². The number of rotatable bonds is 9. The number of carbonyl (C=O) groups is 2. The van der Waals surface area contributed by atoms with E-state index in [9.17, 15) is 9.59 Å². The fraction of sp³-hybridized carbons (Fsp3) is 0.600. The third-order valence-corrected chi connectivity index (χ3v) is 5.03. The van der Waals surface area contributed by atoms with Crippen molar-refractivity contribution in [2.75, 3.05) is 43.1 Å². The second kappa shape index (κ2) is 9.60. The lowest BCUT2D eigenvalue weighted by atomic mass is 10.1. The minimum atomic E-state index is -0.503. The standard InChI is InChI=1S/C20H30N4O3/c21-19(25)16-7-8-18(24-10-2-1-3-11-24)17(13-16)23-20(26)22-9-4-12-27-14-15-5-6-15/h7-8,13,15H,1-6,9-12,14H2,(H2,21,25)(H2,22,23,26). The van der Waals surface area contributed by atoms with E-state index in [1.807, 2.05) is 6.07 Å². The van der Waals surface area contributed by atoms with Crippen molar-refractivity contribution in [3.63, 3.8) is 0 Å². The summed E-state index contributed by atoms with van der Waals surface area (Å²) in [5.74, 6) is 0.253. The molecule has 0 spiro atoms. The molecule has 2 aliphatic rings. The Kier molecular flexibility index (Phi) is 6.92. The maximum atomic E-state index is 12.3. The van der Waals surface area contributed by atoms with Crippen molar-refractivity contribution in [2.45, 2.75) is 38.5 Å². The van der Waals surface area contributed by atoms with Gasteiger partial charge in [0, 0.05) is 38.4 Å². The molecule has 7 nitrogen and oxygen atoms in total. The quantitative estimate of drug-likeness (QED) is 0.579. The van der Waals surface area contributed by atoms with Crippen LogP contribution in [0.2, 0.25) is 0 Å². The van der Waals surface area contributed by atoms with Gasteiger partial charge in [0.15, 0.2) is 0 Å². The summed E-state index contributed by atoms with van der Waals surface area (Å²) >= 11 is 0. The number of primary amides is 1. The summed E-state index contributed by atoms with van der Waals surface area (Å²) in [6.45, 7) is 3.94. The Morgan fingerprint density at radius 1 is 1.19 bits per heavy atom. The van der Waals surface area contributed by atoms with Gasteiger partial charge in [0.05, 0.1) is 11.4 Å². The van der Waals surface area contributed by atoms with Crippen LogP contribution in [0.3, 0.4) is 0 Å². The van der Waals surface area contributed by atoms with Crippen LogP contribution in [-0.2, 0) is 4.74 Å². The van der Waals surface area contributed by atoms with Gasteiger partial charge in [-0.2, -0.15) is 0 Å². The predicted molar refractivity (Wildman–Crippen MR) is 106 cm³/mol. The van der Waals surface area contributed by atoms with E-state index in [2.05, 4.69) is 15.5 Å². The largest absolute Gasteiger partial charge is 0.381 e. The predicted octanol–water partition coefficient (Wildman–Crippen LogP) is 2.71. The monoisotopic (exact) mass is 374 g/mol. The molecule has 2 fully saturated rings. The lowest BCUT2D eigenvalue weighted by Crippen LogP contribution is -2.33. The molecule has 1 saturated carbocycles. The first-order valence-corrected chi connectivity index (χ1v) is 9.95. The van der Waals surface area contributed by atoms with E-state index in [-0.39, 0.29) is 6.03 Å². The average molecular weight is 374 g/mol. The first-order valence-electron chi connectivity index (χ1n) is 9.95. The van der Waals surface area contributed by atoms with Gasteiger partial charge in [-0.15, -0.1) is 0 Å². The van der Waals surface area contributed by atoms with Gasteiger partial charge >= 0.3 is 6.03 Å². The molecule has 3 amide bonds. The normalized spacial score (nSPS) is 16.8. The van der Waals surface area contributed by atoms with E-state index in [0.29, 0.717) is 24.4 Å². The van der Waals surface area contributed by atoms with Gasteiger partial charge in [-0.1, -0.05) is 0 Å². The number of ether oxygens (including phenoxy) is 1. The second-order valence-electron chi connectivity index (χ2n) is 7.40. The molecule has 27 heavy (non-hydrogen) atoms. The zero-order valence-corrected chi connectivity index (χ0v) is 15.8. The first kappa shape index (κ1) is 19.5. The molecule has 0 unspecified atom stereocenters. The minimum absolute atomic E-state index is 0.280. The number of amides is 3. The molecule has 4 N–H and O–H groups in total. The number of urea groups is 1. The van der Waals surface area contributed by atoms with Crippen LogP contribution in [0.4, 0.5) is 16.2 Å². The number of carbonyl (C=O) groups excluding carboxylic acids is 2. The van der Waals surface area contributed by atoms with Crippen LogP contribution < -0.4 is 21.3 Å². The third kappa shape index (κ3) is 6.13. The van der Waals surface area contributed by atoms with E-state index >= 15 is 0 Å². The molecule has 1 aromatic rings. The number of nitrogens with zero attached hydrogens (tertiary/aromatic N) is 1. The molecule has 1 aliphatic heterocycles. The molecule has 1 aliphatic carbocycles. The fourth-order valence-electron chi connectivity index (χ4n) is 3.28. The van der Waals surface area contributed by atoms with Gasteiger partial charge in [0.25, 0.3) is 0 Å². The van der Waals surface area contributed by atoms with E-state index in [0.717, 1.165) is 50.6 Å². The molecular weight excluding hydrogens is 344 g/mol. The van der Waals surface area contributed by atoms with Crippen molar-refractivity contribution in [1.29, 1.82) is 0 Å². The SMILES string of the molecule is NC(=O)c1ccc(N2CCCCC2)c(NC(=O)NCCCOCC2CC2)c1. The van der Waals surface area contributed by atoms with Crippen molar-refractivity contribution in [2.24, 2.45) is 11.7 Å². The lowest BCUT2D eigenvalue weighted by molar-refractivity contribution is 0.1000. The van der Waals surface area contributed by atoms with Crippen LogP contribution >= 0.6 is 0 Å². The maximum absolute atomic E-state index is 12.3. The highest BCUT2D eigenvalue weighted by atomic mass is 16.5. The van der Waals surface area contributed by atoms with Gasteiger partial charge in [-0.05, 0) is 62.6 Å². The van der Waals surface area contributed by atoms with E-state index in [1.165, 1.54) is 19.3 Å². The number of nitrogens with one attached hydrogen (secondary N) is 2. The van der Waals surface area contributed by atoms with E-state index in [1.54, 1.807) is 12.1 Å². The van der Waals surface area contributed by atoms with Crippen LogP contribution in [0.15, 0.2) is 18.2 Å². The molecule has 0 aromatic heterocycles. The van der Waals surface area contributed by atoms with Gasteiger partial charge in [-0.3, -0.25) is 4.79 Å². The molecule has 1 aromatic carbocycles. The molecular formula is C20H30N4O3. The molecule has 7 heteroatoms. The topological polar surface area (TPSA) is 96.7 Å². The van der Waals surface area contributed by atoms with Gasteiger partial charge < -0.3 is 26.0 Å². The molecule has 1 saturated heterocycles. The molecule has 148 valence electrons. The molecule has 1 heterocycles. The Labute approximate surface area is 160 Å². The van der Waals surface area contributed by atoms with Crippen molar-refractivity contribution >= 4 is 23.3 Å². The first-order chi connectivity index (χ1) is 13.1. The maximum Gasteiger partial charge on any atom is 0.319 e. The Morgan fingerprint density at radius 2 is 1.96 bits per heavy atom. The number of benzene rings is 1. The number of hydrogen-bond donors (Lipinski definition) is 3. The molecule has 0 radical (unpaired) electrons. The molecule has 3 rings (SSSR count). The highest BCUT2D eigenvalue weighted by molar-refractivity contribution is 5.98. The fourth-order valence-corrected chi connectivity index (χ4v) is 3.28.